The summed E-state index contributed by atoms with van der Waals surface area (Å²) in [6, 6.07) is 14.9. The van der Waals surface area contributed by atoms with Crippen LogP contribution in [0.2, 0.25) is 0 Å². The van der Waals surface area contributed by atoms with Crippen molar-refractivity contribution in [1.82, 2.24) is 57.3 Å². The van der Waals surface area contributed by atoms with E-state index in [0.29, 0.717) is 42.2 Å². The zero-order valence-electron chi connectivity index (χ0n) is 34.9. The van der Waals surface area contributed by atoms with E-state index in [4.69, 9.17) is 9.97 Å². The Morgan fingerprint density at radius 2 is 1.32 bits per heavy atom. The lowest BCUT2D eigenvalue weighted by molar-refractivity contribution is 0.514. The van der Waals surface area contributed by atoms with Gasteiger partial charge in [0, 0.05) is 55.9 Å². The molecular weight excluding hydrogens is 789 g/mol. The highest BCUT2D eigenvalue weighted by atomic mass is 16.2. The first-order valence-electron chi connectivity index (χ1n) is 20.2. The van der Waals surface area contributed by atoms with E-state index in [1.54, 1.807) is 43.3 Å². The van der Waals surface area contributed by atoms with Crippen molar-refractivity contribution in [1.29, 1.82) is 0 Å². The Morgan fingerprint density at radius 3 is 2.05 bits per heavy atom. The summed E-state index contributed by atoms with van der Waals surface area (Å²) in [6.07, 6.45) is 3.17. The molecule has 9 rings (SSSR count). The molecule has 18 nitrogen and oxygen atoms in total. The summed E-state index contributed by atoms with van der Waals surface area (Å²) in [6.45, 7) is 6.40. The highest BCUT2D eigenvalue weighted by Gasteiger charge is 2.29. The molecule has 0 saturated carbocycles. The third-order valence-corrected chi connectivity index (χ3v) is 11.3. The summed E-state index contributed by atoms with van der Waals surface area (Å²) in [5, 5.41) is 5.29. The molecule has 18 heteroatoms. The Bertz CT molecular complexity index is 3490. The zero-order chi connectivity index (χ0) is 43.2. The van der Waals surface area contributed by atoms with Gasteiger partial charge in [-0.25, -0.2) is 29.5 Å². The van der Waals surface area contributed by atoms with Crippen LogP contribution in [0.3, 0.4) is 0 Å². The summed E-state index contributed by atoms with van der Waals surface area (Å²) >= 11 is 0. The van der Waals surface area contributed by atoms with Crippen molar-refractivity contribution in [2.75, 3.05) is 23.3 Å². The number of nitrogens with zero attached hydrogens (tertiary/aromatic N) is 13. The van der Waals surface area contributed by atoms with Crippen molar-refractivity contribution in [2.45, 2.75) is 65.8 Å². The first kappa shape index (κ1) is 39.6. The van der Waals surface area contributed by atoms with Crippen LogP contribution in [0, 0.1) is 30.6 Å². The van der Waals surface area contributed by atoms with Crippen molar-refractivity contribution in [3.8, 4) is 23.7 Å². The number of nitrogens with one attached hydrogen (secondary N) is 1. The van der Waals surface area contributed by atoms with E-state index >= 15 is 0 Å². The minimum Gasteiger partial charge on any atom is -0.351 e. The average Bonchev–Trinajstić information content (AvgIpc) is 3.85. The van der Waals surface area contributed by atoms with E-state index in [1.807, 2.05) is 55.5 Å². The van der Waals surface area contributed by atoms with Crippen LogP contribution in [0.5, 0.6) is 0 Å². The van der Waals surface area contributed by atoms with Crippen LogP contribution in [0.4, 0.5) is 11.9 Å². The standard InChI is InChI=1S/C44H42N14O4/c1-6-8-21-55-35-37(52(4)43(61)58(39(35)59)26-34-46-27(3)30-17-11-13-19-32(30)49-34)50-41(55)47-29-16-14-20-54(24-29)42-51-38-36(56(42)22-9-7-2)40(60)57(44(62)53(38)5)25-33-45-23-28-15-10-12-18-31(28)48-33/h10-13,15,17-19,23,29H,14,16,20-22,24-26H2,1-5H3,(H,47,50)/t29-/m1/s1. The van der Waals surface area contributed by atoms with E-state index in [-0.39, 0.29) is 54.5 Å². The van der Waals surface area contributed by atoms with Gasteiger partial charge < -0.3 is 10.2 Å². The number of hydrogen-bond donors (Lipinski definition) is 1. The number of rotatable bonds is 9. The molecule has 1 atom stereocenters. The maximum Gasteiger partial charge on any atom is 0.332 e. The summed E-state index contributed by atoms with van der Waals surface area (Å²) in [5.74, 6) is 13.5. The lowest BCUT2D eigenvalue weighted by atomic mass is 10.1. The lowest BCUT2D eigenvalue weighted by Crippen LogP contribution is -2.44. The van der Waals surface area contributed by atoms with Gasteiger partial charge in [0.25, 0.3) is 11.1 Å². The number of hydrogen-bond acceptors (Lipinski definition) is 12. The number of anilines is 2. The van der Waals surface area contributed by atoms with Crippen molar-refractivity contribution in [3.63, 3.8) is 0 Å². The number of fused-ring (bicyclic) bond motifs is 4. The SMILES string of the molecule is CC#CCn1c(N[C@@H]2CCCN(c3nc4c(c(=O)n(Cc5ncc6ccccc6n5)c(=O)n4C)n3CC#CC)C2)nc2c1c(=O)n(Cc1nc(C)c3ccccc3n1)c(=O)n2C. The molecule has 6 aromatic heterocycles. The summed E-state index contributed by atoms with van der Waals surface area (Å²) in [5.41, 5.74) is 0.933. The van der Waals surface area contributed by atoms with E-state index in [0.717, 1.165) is 44.0 Å². The Morgan fingerprint density at radius 1 is 0.710 bits per heavy atom. The van der Waals surface area contributed by atoms with Crippen LogP contribution < -0.4 is 32.7 Å². The normalized spacial score (nSPS) is 14.0. The maximum absolute atomic E-state index is 14.3. The van der Waals surface area contributed by atoms with Crippen molar-refractivity contribution in [3.05, 3.63) is 114 Å². The molecule has 1 N–H and O–H groups in total. The van der Waals surface area contributed by atoms with Crippen LogP contribution in [-0.2, 0) is 40.3 Å². The van der Waals surface area contributed by atoms with Crippen molar-refractivity contribution < 1.29 is 0 Å². The van der Waals surface area contributed by atoms with Crippen LogP contribution in [0.25, 0.3) is 44.1 Å². The molecule has 0 aliphatic carbocycles. The minimum atomic E-state index is -0.550. The van der Waals surface area contributed by atoms with Crippen LogP contribution in [-0.4, -0.2) is 76.4 Å². The molecule has 8 aromatic rings. The van der Waals surface area contributed by atoms with E-state index < -0.39 is 22.5 Å². The number of aryl methyl sites for hydroxylation is 3. The second-order valence-electron chi connectivity index (χ2n) is 15.2. The molecule has 1 fully saturated rings. The summed E-state index contributed by atoms with van der Waals surface area (Å²) < 4.78 is 8.47. The molecule has 2 aromatic carbocycles. The largest absolute Gasteiger partial charge is 0.351 e. The highest BCUT2D eigenvalue weighted by molar-refractivity contribution is 5.81. The molecular formula is C44H42N14O4. The Balaban J connectivity index is 1.07. The molecule has 0 radical (unpaired) electrons. The fourth-order valence-electron chi connectivity index (χ4n) is 8.18. The van der Waals surface area contributed by atoms with Crippen LogP contribution in [0.15, 0.2) is 73.9 Å². The molecule has 0 spiro atoms. The minimum absolute atomic E-state index is 0.126. The monoisotopic (exact) mass is 830 g/mol. The fourth-order valence-corrected chi connectivity index (χ4v) is 8.18. The third-order valence-electron chi connectivity index (χ3n) is 11.3. The quantitative estimate of drug-likeness (QED) is 0.210. The second kappa shape index (κ2) is 16.0. The third kappa shape index (κ3) is 6.85. The topological polar surface area (TPSA) is 190 Å². The molecule has 1 saturated heterocycles. The van der Waals surface area contributed by atoms with Gasteiger partial charge in [-0.3, -0.25) is 37.0 Å². The van der Waals surface area contributed by atoms with Gasteiger partial charge in [-0.1, -0.05) is 48.2 Å². The van der Waals surface area contributed by atoms with Gasteiger partial charge in [-0.05, 0) is 45.7 Å². The molecule has 1 aliphatic heterocycles. The van der Waals surface area contributed by atoms with Crippen LogP contribution in [0.1, 0.15) is 44.0 Å². The molecule has 0 amide bonds. The van der Waals surface area contributed by atoms with Gasteiger partial charge >= 0.3 is 11.4 Å². The Kier molecular flexibility index (Phi) is 10.2. The maximum atomic E-state index is 14.3. The van der Waals surface area contributed by atoms with Gasteiger partial charge in [-0.2, -0.15) is 9.97 Å². The zero-order valence-corrected chi connectivity index (χ0v) is 34.9. The highest BCUT2D eigenvalue weighted by Crippen LogP contribution is 2.26. The molecule has 1 aliphatic rings. The second-order valence-corrected chi connectivity index (χ2v) is 15.2. The summed E-state index contributed by atoms with van der Waals surface area (Å²) in [7, 11) is 3.18. The first-order chi connectivity index (χ1) is 30.1. The smallest absolute Gasteiger partial charge is 0.332 e. The number of piperidine rings is 1. The lowest BCUT2D eigenvalue weighted by Gasteiger charge is -2.34. The number of benzene rings is 2. The van der Waals surface area contributed by atoms with Gasteiger partial charge in [0.1, 0.15) is 11.6 Å². The van der Waals surface area contributed by atoms with E-state index in [9.17, 15) is 19.2 Å². The number of para-hydroxylation sites is 2. The summed E-state index contributed by atoms with van der Waals surface area (Å²) in [4.78, 5) is 86.3. The molecule has 0 bridgehead atoms. The number of aromatic nitrogens is 12. The fraction of sp³-hybridized carbons (Fsp3) is 0.318. The van der Waals surface area contributed by atoms with Gasteiger partial charge in [-0.15, -0.1) is 11.8 Å². The Labute approximate surface area is 353 Å². The molecule has 0 unspecified atom stereocenters. The van der Waals surface area contributed by atoms with Gasteiger partial charge in [0.2, 0.25) is 11.9 Å². The molecule has 7 heterocycles. The van der Waals surface area contributed by atoms with Crippen LogP contribution >= 0.6 is 0 Å². The van der Waals surface area contributed by atoms with Crippen molar-refractivity contribution >= 4 is 56.0 Å². The predicted molar refractivity (Wildman–Crippen MR) is 236 cm³/mol. The predicted octanol–water partition coefficient (Wildman–Crippen LogP) is 2.53. The average molecular weight is 831 g/mol. The number of imidazole rings is 2. The van der Waals surface area contributed by atoms with Crippen molar-refractivity contribution in [2.24, 2.45) is 14.1 Å². The first-order valence-corrected chi connectivity index (χ1v) is 20.2. The van der Waals surface area contributed by atoms with E-state index in [2.05, 4.69) is 53.8 Å². The molecule has 312 valence electrons. The van der Waals surface area contributed by atoms with Gasteiger partial charge in [0.15, 0.2) is 22.3 Å². The van der Waals surface area contributed by atoms with E-state index in [1.165, 1.54) is 9.13 Å². The Hall–Kier alpha value is -7.86. The molecule has 62 heavy (non-hydrogen) atoms. The van der Waals surface area contributed by atoms with Gasteiger partial charge in [0.05, 0.1) is 37.2 Å².